The minimum Gasteiger partial charge on any atom is -0.388 e. The van der Waals surface area contributed by atoms with E-state index >= 15 is 0 Å². The third-order valence-corrected chi connectivity index (χ3v) is 2.96. The Morgan fingerprint density at radius 1 is 1.47 bits per heavy atom. The van der Waals surface area contributed by atoms with Gasteiger partial charge in [0.05, 0.1) is 0 Å². The number of hydrogen-bond acceptors (Lipinski definition) is 3. The lowest BCUT2D eigenvalue weighted by molar-refractivity contribution is 0.505. The second-order valence-electron chi connectivity index (χ2n) is 3.26. The highest BCUT2D eigenvalue weighted by molar-refractivity contribution is 9.10. The maximum absolute atomic E-state index is 11.1. The van der Waals surface area contributed by atoms with Crippen LogP contribution in [0.15, 0.2) is 31.9 Å². The minimum absolute atomic E-state index is 0.336. The van der Waals surface area contributed by atoms with Crippen molar-refractivity contribution < 1.29 is 4.42 Å². The van der Waals surface area contributed by atoms with Crippen LogP contribution < -0.4 is 5.76 Å². The summed E-state index contributed by atoms with van der Waals surface area (Å²) in [5.74, 6) is -0.120. The molecule has 0 amide bonds. The van der Waals surface area contributed by atoms with Gasteiger partial charge in [-0.1, -0.05) is 22.0 Å². The summed E-state index contributed by atoms with van der Waals surface area (Å²) in [5.41, 5.74) is 1.90. The molecule has 0 saturated carbocycles. The highest BCUT2D eigenvalue weighted by Crippen LogP contribution is 2.23. The van der Waals surface area contributed by atoms with Gasteiger partial charge in [-0.2, -0.15) is 4.68 Å². The Hall–Kier alpha value is -1.36. The van der Waals surface area contributed by atoms with E-state index in [1.807, 2.05) is 25.1 Å². The molecule has 0 aliphatic heterocycles. The molecule has 1 heterocycles. The van der Waals surface area contributed by atoms with Crippen molar-refractivity contribution >= 4 is 15.9 Å². The molecule has 0 aliphatic rings. The molecule has 0 radical (unpaired) electrons. The zero-order chi connectivity index (χ0) is 11.0. The van der Waals surface area contributed by atoms with Crippen LogP contribution in [-0.2, 0) is 7.05 Å². The summed E-state index contributed by atoms with van der Waals surface area (Å²) in [4.78, 5) is 11.1. The fraction of sp³-hybridized carbons (Fsp3) is 0.200. The van der Waals surface area contributed by atoms with Gasteiger partial charge in [0, 0.05) is 17.1 Å². The second-order valence-corrected chi connectivity index (χ2v) is 4.12. The molecule has 0 unspecified atom stereocenters. The van der Waals surface area contributed by atoms with Crippen molar-refractivity contribution in [2.45, 2.75) is 6.92 Å². The van der Waals surface area contributed by atoms with Crippen molar-refractivity contribution in [2.24, 2.45) is 7.05 Å². The molecule has 0 atom stereocenters. The molecule has 0 spiro atoms. The molecule has 4 nitrogen and oxygen atoms in total. The van der Waals surface area contributed by atoms with Crippen molar-refractivity contribution in [2.75, 3.05) is 0 Å². The Balaban J connectivity index is 2.54. The van der Waals surface area contributed by atoms with Crippen molar-refractivity contribution in [1.29, 1.82) is 0 Å². The molecule has 2 rings (SSSR count). The van der Waals surface area contributed by atoms with Gasteiger partial charge in [0.15, 0.2) is 0 Å². The van der Waals surface area contributed by atoms with Gasteiger partial charge >= 0.3 is 5.76 Å². The van der Waals surface area contributed by atoms with Crippen LogP contribution in [0.25, 0.3) is 11.5 Å². The van der Waals surface area contributed by atoms with Crippen molar-refractivity contribution in [3.05, 3.63) is 38.8 Å². The van der Waals surface area contributed by atoms with Crippen LogP contribution in [0, 0.1) is 6.92 Å². The van der Waals surface area contributed by atoms with E-state index in [4.69, 9.17) is 4.42 Å². The first kappa shape index (κ1) is 10.2. The predicted octanol–water partition coefficient (Wildman–Crippen LogP) is 2.11. The van der Waals surface area contributed by atoms with Crippen LogP contribution in [0.5, 0.6) is 0 Å². The van der Waals surface area contributed by atoms with Crippen molar-refractivity contribution in [1.82, 2.24) is 9.78 Å². The fourth-order valence-corrected chi connectivity index (χ4v) is 1.57. The van der Waals surface area contributed by atoms with Crippen LogP contribution >= 0.6 is 15.9 Å². The molecule has 1 aromatic heterocycles. The topological polar surface area (TPSA) is 48.0 Å². The van der Waals surface area contributed by atoms with Gasteiger partial charge in [-0.3, -0.25) is 0 Å². The van der Waals surface area contributed by atoms with Crippen molar-refractivity contribution in [3.8, 4) is 11.5 Å². The van der Waals surface area contributed by atoms with Gasteiger partial charge in [0.1, 0.15) is 0 Å². The average Bonchev–Trinajstić information content (AvgIpc) is 2.52. The Labute approximate surface area is 94.7 Å². The van der Waals surface area contributed by atoms with Crippen LogP contribution in [0.4, 0.5) is 0 Å². The standard InChI is InChI=1S/C10H9BrN2O2/c1-6-3-4-7(5-8(6)11)9-12-13(2)10(14)15-9/h3-5H,1-2H3. The van der Waals surface area contributed by atoms with Gasteiger partial charge in [-0.15, -0.1) is 5.10 Å². The quantitative estimate of drug-likeness (QED) is 0.796. The van der Waals surface area contributed by atoms with Crippen LogP contribution in [0.2, 0.25) is 0 Å². The Bertz CT molecular complexity index is 557. The van der Waals surface area contributed by atoms with E-state index < -0.39 is 5.76 Å². The van der Waals surface area contributed by atoms with Crippen LogP contribution in [0.1, 0.15) is 5.56 Å². The van der Waals surface area contributed by atoms with Crippen LogP contribution in [-0.4, -0.2) is 9.78 Å². The summed E-state index contributed by atoms with van der Waals surface area (Å²) < 4.78 is 7.11. The molecular weight excluding hydrogens is 260 g/mol. The average molecular weight is 269 g/mol. The van der Waals surface area contributed by atoms with E-state index in [0.717, 1.165) is 15.6 Å². The lowest BCUT2D eigenvalue weighted by Crippen LogP contribution is -2.09. The molecular formula is C10H9BrN2O2. The number of aryl methyl sites for hydroxylation is 2. The summed E-state index contributed by atoms with van der Waals surface area (Å²) >= 11 is 3.41. The predicted molar refractivity (Wildman–Crippen MR) is 59.6 cm³/mol. The molecule has 15 heavy (non-hydrogen) atoms. The summed E-state index contributed by atoms with van der Waals surface area (Å²) in [6, 6.07) is 5.68. The normalized spacial score (nSPS) is 10.6. The number of benzene rings is 1. The number of hydrogen-bond donors (Lipinski definition) is 0. The summed E-state index contributed by atoms with van der Waals surface area (Å²) in [6.07, 6.45) is 0. The second kappa shape index (κ2) is 3.66. The van der Waals surface area contributed by atoms with Gasteiger partial charge in [-0.25, -0.2) is 4.79 Å². The Morgan fingerprint density at radius 2 is 2.20 bits per heavy atom. The first-order valence-electron chi connectivity index (χ1n) is 4.38. The fourth-order valence-electron chi connectivity index (χ4n) is 1.19. The molecule has 2 aromatic rings. The van der Waals surface area contributed by atoms with Crippen LogP contribution in [0.3, 0.4) is 0 Å². The van der Waals surface area contributed by atoms with E-state index in [9.17, 15) is 4.79 Å². The number of halogens is 1. The summed E-state index contributed by atoms with van der Waals surface area (Å²) in [7, 11) is 1.55. The maximum atomic E-state index is 11.1. The maximum Gasteiger partial charge on any atom is 0.437 e. The summed E-state index contributed by atoms with van der Waals surface area (Å²) in [5, 5.41) is 3.97. The highest BCUT2D eigenvalue weighted by Gasteiger charge is 2.08. The summed E-state index contributed by atoms with van der Waals surface area (Å²) in [6.45, 7) is 1.99. The largest absolute Gasteiger partial charge is 0.437 e. The zero-order valence-electron chi connectivity index (χ0n) is 8.32. The lowest BCUT2D eigenvalue weighted by atomic mass is 10.1. The molecule has 1 aromatic carbocycles. The third kappa shape index (κ3) is 1.87. The van der Waals surface area contributed by atoms with E-state index in [0.29, 0.717) is 5.89 Å². The highest BCUT2D eigenvalue weighted by atomic mass is 79.9. The minimum atomic E-state index is -0.457. The van der Waals surface area contributed by atoms with Gasteiger partial charge in [-0.05, 0) is 24.6 Å². The molecule has 0 aliphatic carbocycles. The first-order valence-corrected chi connectivity index (χ1v) is 5.18. The van der Waals surface area contributed by atoms with Gasteiger partial charge in [0.2, 0.25) is 5.89 Å². The Kier molecular flexibility index (Phi) is 2.48. The van der Waals surface area contributed by atoms with Gasteiger partial charge < -0.3 is 4.42 Å². The number of nitrogens with zero attached hydrogens (tertiary/aromatic N) is 2. The van der Waals surface area contributed by atoms with Crippen molar-refractivity contribution in [3.63, 3.8) is 0 Å². The molecule has 78 valence electrons. The number of rotatable bonds is 1. The molecule has 0 saturated heterocycles. The van der Waals surface area contributed by atoms with E-state index in [1.54, 1.807) is 7.05 Å². The smallest absolute Gasteiger partial charge is 0.388 e. The monoisotopic (exact) mass is 268 g/mol. The number of aromatic nitrogens is 2. The van der Waals surface area contributed by atoms with E-state index in [2.05, 4.69) is 21.0 Å². The third-order valence-electron chi connectivity index (χ3n) is 2.11. The SMILES string of the molecule is Cc1ccc(-c2nn(C)c(=O)o2)cc1Br. The van der Waals surface area contributed by atoms with E-state index in [1.165, 1.54) is 4.68 Å². The molecule has 0 bridgehead atoms. The molecule has 0 fully saturated rings. The van der Waals surface area contributed by atoms with Gasteiger partial charge in [0.25, 0.3) is 0 Å². The molecule has 0 N–H and O–H groups in total. The first-order chi connectivity index (χ1) is 7.08. The lowest BCUT2D eigenvalue weighted by Gasteiger charge is -1.99. The Morgan fingerprint density at radius 3 is 2.73 bits per heavy atom. The molecule has 5 heteroatoms. The zero-order valence-corrected chi connectivity index (χ0v) is 9.91. The van der Waals surface area contributed by atoms with E-state index in [-0.39, 0.29) is 0 Å².